The van der Waals surface area contributed by atoms with Gasteiger partial charge in [0.05, 0.1) is 36.8 Å². The van der Waals surface area contributed by atoms with Crippen LogP contribution in [0.15, 0.2) is 42.6 Å². The molecule has 160 valence electrons. The van der Waals surface area contributed by atoms with Crippen molar-refractivity contribution in [3.8, 4) is 5.69 Å². The second-order valence-corrected chi connectivity index (χ2v) is 8.49. The maximum absolute atomic E-state index is 13.6. The third-order valence-electron chi connectivity index (χ3n) is 6.50. The zero-order valence-corrected chi connectivity index (χ0v) is 17.9. The van der Waals surface area contributed by atoms with Crippen molar-refractivity contribution >= 4 is 12.0 Å². The minimum absolute atomic E-state index is 0.0874. The molecule has 2 heterocycles. The highest BCUT2D eigenvalue weighted by Crippen LogP contribution is 2.35. The molecule has 1 fully saturated rings. The number of ether oxygens (including phenoxy) is 1. The molecule has 1 aliphatic heterocycles. The Morgan fingerprint density at radius 1 is 1.13 bits per heavy atom. The Morgan fingerprint density at radius 3 is 2.67 bits per heavy atom. The molecule has 2 aromatic rings. The van der Waals surface area contributed by atoms with Gasteiger partial charge in [0.25, 0.3) is 0 Å². The summed E-state index contributed by atoms with van der Waals surface area (Å²) in [5.41, 5.74) is 2.78. The van der Waals surface area contributed by atoms with Crippen molar-refractivity contribution in [2.75, 3.05) is 6.61 Å². The fraction of sp³-hybridized carbons (Fsp3) is 0.500. The standard InChI is InChI=1S/C24H31N3O3/c1-3-30-22(28)16-24(13-7-4-8-14-24)25-23(29)27-17-19-10-5-6-11-21(19)26-15-9-12-20(26)18(27)2/h5-6,9-12,15,18H,3-4,7-8,13-14,16-17H2,1-2H3,(H,25,29)/t18-/m0/s1. The normalized spacial score (nSPS) is 19.9. The summed E-state index contributed by atoms with van der Waals surface area (Å²) in [6.07, 6.45) is 7.08. The van der Waals surface area contributed by atoms with E-state index >= 15 is 0 Å². The van der Waals surface area contributed by atoms with Crippen molar-refractivity contribution < 1.29 is 14.3 Å². The molecule has 6 nitrogen and oxygen atoms in total. The SMILES string of the molecule is CCOC(=O)CC1(NC(=O)N2Cc3ccccc3-n3cccc3[C@@H]2C)CCCCC1. The summed E-state index contributed by atoms with van der Waals surface area (Å²) in [4.78, 5) is 27.8. The van der Waals surface area contributed by atoms with Crippen LogP contribution in [0.4, 0.5) is 4.79 Å². The predicted octanol–water partition coefficient (Wildman–Crippen LogP) is 4.72. The second kappa shape index (κ2) is 8.54. The number of para-hydroxylation sites is 1. The van der Waals surface area contributed by atoms with Crippen molar-refractivity contribution in [2.24, 2.45) is 0 Å². The molecule has 6 heteroatoms. The van der Waals surface area contributed by atoms with Gasteiger partial charge < -0.3 is 19.5 Å². The maximum Gasteiger partial charge on any atom is 0.318 e. The average Bonchev–Trinajstić information content (AvgIpc) is 3.18. The second-order valence-electron chi connectivity index (χ2n) is 8.49. The molecule has 0 saturated heterocycles. The lowest BCUT2D eigenvalue weighted by Crippen LogP contribution is -2.55. The number of hydrogen-bond donors (Lipinski definition) is 1. The van der Waals surface area contributed by atoms with Crippen LogP contribution in [0.5, 0.6) is 0 Å². The number of urea groups is 1. The highest BCUT2D eigenvalue weighted by molar-refractivity contribution is 5.78. The van der Waals surface area contributed by atoms with Crippen LogP contribution in [0, 0.1) is 0 Å². The molecule has 0 bridgehead atoms. The fourth-order valence-electron chi connectivity index (χ4n) is 4.92. The number of hydrogen-bond acceptors (Lipinski definition) is 3. The van der Waals surface area contributed by atoms with E-state index < -0.39 is 5.54 Å². The Hall–Kier alpha value is -2.76. The van der Waals surface area contributed by atoms with Gasteiger partial charge in [-0.25, -0.2) is 4.79 Å². The quantitative estimate of drug-likeness (QED) is 0.743. The Labute approximate surface area is 178 Å². The maximum atomic E-state index is 13.6. The number of fused-ring (bicyclic) bond motifs is 3. The van der Waals surface area contributed by atoms with E-state index in [4.69, 9.17) is 4.74 Å². The lowest BCUT2D eigenvalue weighted by atomic mass is 9.79. The molecule has 2 amide bonds. The van der Waals surface area contributed by atoms with E-state index in [1.54, 1.807) is 0 Å². The highest BCUT2D eigenvalue weighted by atomic mass is 16.5. The zero-order chi connectivity index (χ0) is 21.1. The molecule has 0 spiro atoms. The van der Waals surface area contributed by atoms with Crippen LogP contribution in [0.1, 0.15) is 69.7 Å². The van der Waals surface area contributed by atoms with Crippen LogP contribution >= 0.6 is 0 Å². The number of carbonyl (C=O) groups is 2. The van der Waals surface area contributed by atoms with Crippen molar-refractivity contribution in [3.63, 3.8) is 0 Å². The van der Waals surface area contributed by atoms with Crippen LogP contribution in [0.25, 0.3) is 5.69 Å². The van der Waals surface area contributed by atoms with E-state index in [0.717, 1.165) is 49.0 Å². The summed E-state index contributed by atoms with van der Waals surface area (Å²) in [5, 5.41) is 3.28. The number of nitrogens with one attached hydrogen (secondary N) is 1. The number of nitrogens with zero attached hydrogens (tertiary/aromatic N) is 2. The van der Waals surface area contributed by atoms with Gasteiger partial charge in [-0.2, -0.15) is 0 Å². The van der Waals surface area contributed by atoms with Crippen molar-refractivity contribution in [1.82, 2.24) is 14.8 Å². The van der Waals surface area contributed by atoms with E-state index in [2.05, 4.69) is 41.2 Å². The summed E-state index contributed by atoms with van der Waals surface area (Å²) >= 11 is 0. The van der Waals surface area contributed by atoms with E-state index in [-0.39, 0.29) is 24.5 Å². The van der Waals surface area contributed by atoms with Gasteiger partial charge in [-0.3, -0.25) is 4.79 Å². The Kier molecular flexibility index (Phi) is 5.84. The molecule has 30 heavy (non-hydrogen) atoms. The van der Waals surface area contributed by atoms with E-state index in [9.17, 15) is 9.59 Å². The first-order valence-corrected chi connectivity index (χ1v) is 11.0. The van der Waals surface area contributed by atoms with Crippen LogP contribution in [-0.2, 0) is 16.1 Å². The Bertz CT molecular complexity index is 914. The number of benzene rings is 1. The van der Waals surface area contributed by atoms with Gasteiger partial charge in [0.1, 0.15) is 0 Å². The molecule has 1 N–H and O–H groups in total. The fourth-order valence-corrected chi connectivity index (χ4v) is 4.92. The van der Waals surface area contributed by atoms with E-state index in [0.29, 0.717) is 13.2 Å². The molecule has 1 aliphatic carbocycles. The topological polar surface area (TPSA) is 63.6 Å². The van der Waals surface area contributed by atoms with Gasteiger partial charge in [0.2, 0.25) is 0 Å². The molecule has 1 aromatic heterocycles. The molecule has 4 rings (SSSR count). The number of carbonyl (C=O) groups excluding carboxylic acids is 2. The lowest BCUT2D eigenvalue weighted by Gasteiger charge is -2.40. The minimum Gasteiger partial charge on any atom is -0.466 e. The first-order valence-electron chi connectivity index (χ1n) is 11.0. The van der Waals surface area contributed by atoms with Gasteiger partial charge in [0.15, 0.2) is 0 Å². The van der Waals surface area contributed by atoms with Crippen molar-refractivity contribution in [1.29, 1.82) is 0 Å². The third kappa shape index (κ3) is 3.95. The molecular formula is C24H31N3O3. The largest absolute Gasteiger partial charge is 0.466 e. The number of esters is 1. The average molecular weight is 410 g/mol. The third-order valence-corrected chi connectivity index (χ3v) is 6.50. The number of aromatic nitrogens is 1. The van der Waals surface area contributed by atoms with Gasteiger partial charge in [-0.15, -0.1) is 0 Å². The van der Waals surface area contributed by atoms with Crippen LogP contribution < -0.4 is 5.32 Å². The first kappa shape index (κ1) is 20.5. The predicted molar refractivity (Wildman–Crippen MR) is 115 cm³/mol. The molecule has 1 atom stereocenters. The van der Waals surface area contributed by atoms with Gasteiger partial charge >= 0.3 is 12.0 Å². The minimum atomic E-state index is -0.519. The van der Waals surface area contributed by atoms with Gasteiger partial charge in [0, 0.05) is 11.9 Å². The molecule has 1 aromatic carbocycles. The lowest BCUT2D eigenvalue weighted by molar-refractivity contribution is -0.145. The van der Waals surface area contributed by atoms with E-state index in [1.807, 2.05) is 30.0 Å². The molecular weight excluding hydrogens is 378 g/mol. The van der Waals surface area contributed by atoms with Crippen molar-refractivity contribution in [3.05, 3.63) is 53.9 Å². The smallest absolute Gasteiger partial charge is 0.318 e. The summed E-state index contributed by atoms with van der Waals surface area (Å²) in [7, 11) is 0. The van der Waals surface area contributed by atoms with Gasteiger partial charge in [-0.05, 0) is 50.5 Å². The Balaban J connectivity index is 1.61. The first-order chi connectivity index (χ1) is 14.5. The molecule has 0 unspecified atom stereocenters. The van der Waals surface area contributed by atoms with Crippen LogP contribution in [0.3, 0.4) is 0 Å². The van der Waals surface area contributed by atoms with E-state index in [1.165, 1.54) is 0 Å². The highest BCUT2D eigenvalue weighted by Gasteiger charge is 2.39. The van der Waals surface area contributed by atoms with Crippen LogP contribution in [0.2, 0.25) is 0 Å². The summed E-state index contributed by atoms with van der Waals surface area (Å²) in [6.45, 7) is 4.77. The monoisotopic (exact) mass is 409 g/mol. The Morgan fingerprint density at radius 2 is 1.90 bits per heavy atom. The number of amides is 2. The van der Waals surface area contributed by atoms with Gasteiger partial charge in [-0.1, -0.05) is 37.5 Å². The summed E-state index contributed by atoms with van der Waals surface area (Å²) in [6, 6.07) is 12.1. The molecule has 1 saturated carbocycles. The molecule has 0 radical (unpaired) electrons. The van der Waals surface area contributed by atoms with Crippen molar-refractivity contribution in [2.45, 2.75) is 70.5 Å². The molecule has 2 aliphatic rings. The summed E-state index contributed by atoms with van der Waals surface area (Å²) in [5.74, 6) is -0.233. The summed E-state index contributed by atoms with van der Waals surface area (Å²) < 4.78 is 7.38. The van der Waals surface area contributed by atoms with Crippen LogP contribution in [-0.4, -0.2) is 33.6 Å². The zero-order valence-electron chi connectivity index (χ0n) is 17.9. The number of rotatable bonds is 4.